The molecule has 1 aliphatic carbocycles. The maximum Gasteiger partial charge on any atom is 0.253 e. The molecule has 0 atom stereocenters. The van der Waals surface area contributed by atoms with Crippen LogP contribution in [0.1, 0.15) is 36.0 Å². The van der Waals surface area contributed by atoms with E-state index >= 15 is 0 Å². The molecular formula is C24H25N7O3S. The van der Waals surface area contributed by atoms with Gasteiger partial charge in [-0.1, -0.05) is 0 Å². The Bertz CT molecular complexity index is 1450. The van der Waals surface area contributed by atoms with Crippen molar-refractivity contribution in [3.8, 4) is 5.69 Å². The number of carbonyl (C=O) groups is 1. The van der Waals surface area contributed by atoms with Crippen LogP contribution in [0.2, 0.25) is 0 Å². The Kier molecular flexibility index (Phi) is 6.16. The molecule has 1 fully saturated rings. The van der Waals surface area contributed by atoms with Gasteiger partial charge in [0, 0.05) is 30.7 Å². The number of amides is 1. The summed E-state index contributed by atoms with van der Waals surface area (Å²) < 4.78 is 25.1. The summed E-state index contributed by atoms with van der Waals surface area (Å²) in [4.78, 5) is 25.5. The molecule has 4 aromatic rings. The van der Waals surface area contributed by atoms with Crippen LogP contribution in [0, 0.1) is 0 Å². The Balaban J connectivity index is 1.25. The van der Waals surface area contributed by atoms with Gasteiger partial charge >= 0.3 is 0 Å². The van der Waals surface area contributed by atoms with Crippen LogP contribution < -0.4 is 10.6 Å². The van der Waals surface area contributed by atoms with E-state index in [9.17, 15) is 13.2 Å². The zero-order chi connectivity index (χ0) is 24.4. The summed E-state index contributed by atoms with van der Waals surface area (Å²) in [7, 11) is -3.27. The maximum atomic E-state index is 12.4. The van der Waals surface area contributed by atoms with Gasteiger partial charge in [0.25, 0.3) is 5.91 Å². The Hall–Kier alpha value is -3.86. The summed E-state index contributed by atoms with van der Waals surface area (Å²) in [5, 5.41) is 11.9. The molecule has 3 aromatic heterocycles. The van der Waals surface area contributed by atoms with Gasteiger partial charge in [-0.05, 0) is 62.1 Å². The summed E-state index contributed by atoms with van der Waals surface area (Å²) >= 11 is 0. The van der Waals surface area contributed by atoms with Gasteiger partial charge < -0.3 is 10.6 Å². The summed E-state index contributed by atoms with van der Waals surface area (Å²) in [6, 6.07) is 10.4. The molecule has 2 N–H and O–H groups in total. The number of aromatic nitrogens is 5. The summed E-state index contributed by atoms with van der Waals surface area (Å²) in [5.41, 5.74) is 1.91. The maximum absolute atomic E-state index is 12.4. The Morgan fingerprint density at radius 1 is 1.00 bits per heavy atom. The lowest BCUT2D eigenvalue weighted by Gasteiger charge is -2.30. The molecule has 10 nitrogen and oxygen atoms in total. The normalized spacial score (nSPS) is 18.3. The van der Waals surface area contributed by atoms with E-state index in [1.807, 2.05) is 0 Å². The van der Waals surface area contributed by atoms with Gasteiger partial charge in [-0.25, -0.2) is 23.1 Å². The van der Waals surface area contributed by atoms with Gasteiger partial charge in [-0.2, -0.15) is 5.10 Å². The first-order chi connectivity index (χ1) is 16.9. The van der Waals surface area contributed by atoms with E-state index < -0.39 is 9.84 Å². The average molecular weight is 492 g/mol. The van der Waals surface area contributed by atoms with E-state index in [2.05, 4.69) is 30.7 Å². The lowest BCUT2D eigenvalue weighted by atomic mass is 9.91. The first kappa shape index (κ1) is 22.9. The molecular weight excluding hydrogens is 466 g/mol. The molecule has 0 aliphatic heterocycles. The van der Waals surface area contributed by atoms with Crippen molar-refractivity contribution >= 4 is 32.6 Å². The molecule has 0 unspecified atom stereocenters. The Labute approximate surface area is 202 Å². The monoisotopic (exact) mass is 491 g/mol. The minimum atomic E-state index is -3.27. The van der Waals surface area contributed by atoms with Crippen LogP contribution in [-0.2, 0) is 9.84 Å². The molecule has 3 heterocycles. The highest BCUT2D eigenvalue weighted by Crippen LogP contribution is 2.26. The number of sulfone groups is 1. The zero-order valence-corrected chi connectivity index (χ0v) is 19.9. The molecule has 0 radical (unpaired) electrons. The van der Waals surface area contributed by atoms with Crippen LogP contribution in [0.4, 0.5) is 5.82 Å². The number of benzene rings is 1. The van der Waals surface area contributed by atoms with Crippen LogP contribution >= 0.6 is 0 Å². The second kappa shape index (κ2) is 9.41. The number of fused-ring (bicyclic) bond motifs is 1. The van der Waals surface area contributed by atoms with Crippen LogP contribution in [0.15, 0.2) is 66.2 Å². The number of rotatable bonds is 6. The molecule has 11 heteroatoms. The third kappa shape index (κ3) is 4.99. The molecule has 0 bridgehead atoms. The number of nitrogens with one attached hydrogen (secondary N) is 2. The third-order valence-corrected chi connectivity index (χ3v) is 7.33. The van der Waals surface area contributed by atoms with E-state index in [-0.39, 0.29) is 22.9 Å². The van der Waals surface area contributed by atoms with Crippen LogP contribution in [0.5, 0.6) is 0 Å². The molecule has 1 aromatic carbocycles. The standard InChI is InChI=1S/C24H25N7O3S/c1-35(33,34)20-10-8-19(9-11-20)31-23-21(14-28-31)22(26-15-27-23)29-17-4-6-18(7-5-17)30-24(32)16-3-2-12-25-13-16/h2-3,8-15,17-18H,4-7H2,1H3,(H,30,32)(H,26,27,29). The molecule has 180 valence electrons. The highest BCUT2D eigenvalue weighted by molar-refractivity contribution is 7.90. The molecule has 0 saturated heterocycles. The minimum Gasteiger partial charge on any atom is -0.367 e. The van der Waals surface area contributed by atoms with Crippen LogP contribution in [-0.4, -0.2) is 57.4 Å². The first-order valence-electron chi connectivity index (χ1n) is 11.3. The second-order valence-corrected chi connectivity index (χ2v) is 10.7. The molecule has 5 rings (SSSR count). The zero-order valence-electron chi connectivity index (χ0n) is 19.1. The lowest BCUT2D eigenvalue weighted by Crippen LogP contribution is -2.40. The molecule has 35 heavy (non-hydrogen) atoms. The first-order valence-corrected chi connectivity index (χ1v) is 13.2. The van der Waals surface area contributed by atoms with Crippen molar-refractivity contribution < 1.29 is 13.2 Å². The third-order valence-electron chi connectivity index (χ3n) is 6.20. The largest absolute Gasteiger partial charge is 0.367 e. The fourth-order valence-corrected chi connectivity index (χ4v) is 4.95. The summed E-state index contributed by atoms with van der Waals surface area (Å²) in [6.07, 6.45) is 11.1. The van der Waals surface area contributed by atoms with Crippen molar-refractivity contribution in [1.29, 1.82) is 0 Å². The number of carbonyl (C=O) groups excluding carboxylic acids is 1. The van der Waals surface area contributed by atoms with Crippen molar-refractivity contribution in [1.82, 2.24) is 30.0 Å². The van der Waals surface area contributed by atoms with Gasteiger partial charge in [-0.3, -0.25) is 9.78 Å². The minimum absolute atomic E-state index is 0.0935. The van der Waals surface area contributed by atoms with Crippen molar-refractivity contribution in [3.05, 3.63) is 66.9 Å². The van der Waals surface area contributed by atoms with E-state index in [4.69, 9.17) is 0 Å². The molecule has 1 amide bonds. The quantitative estimate of drug-likeness (QED) is 0.421. The average Bonchev–Trinajstić information content (AvgIpc) is 3.30. The van der Waals surface area contributed by atoms with Crippen LogP contribution in [0.25, 0.3) is 16.7 Å². The summed E-state index contributed by atoms with van der Waals surface area (Å²) in [6.45, 7) is 0. The Morgan fingerprint density at radius 3 is 2.43 bits per heavy atom. The number of nitrogens with zero attached hydrogens (tertiary/aromatic N) is 5. The fourth-order valence-electron chi connectivity index (χ4n) is 4.32. The predicted molar refractivity (Wildman–Crippen MR) is 131 cm³/mol. The van der Waals surface area contributed by atoms with E-state index in [0.29, 0.717) is 22.7 Å². The highest BCUT2D eigenvalue weighted by atomic mass is 32.2. The molecule has 1 saturated carbocycles. The summed E-state index contributed by atoms with van der Waals surface area (Å²) in [5.74, 6) is 0.612. The predicted octanol–water partition coefficient (Wildman–Crippen LogP) is 2.77. The molecule has 1 aliphatic rings. The lowest BCUT2D eigenvalue weighted by molar-refractivity contribution is 0.0926. The van der Waals surface area contributed by atoms with Gasteiger partial charge in [0.15, 0.2) is 15.5 Å². The topological polar surface area (TPSA) is 132 Å². The van der Waals surface area contributed by atoms with Gasteiger partial charge in [0.05, 0.1) is 27.7 Å². The number of anilines is 1. The van der Waals surface area contributed by atoms with Crippen molar-refractivity contribution in [2.45, 2.75) is 42.7 Å². The SMILES string of the molecule is CS(=O)(=O)c1ccc(-n2ncc3c(NC4CCC(NC(=O)c5cccnc5)CC4)ncnc32)cc1. The van der Waals surface area contributed by atoms with Crippen molar-refractivity contribution in [2.75, 3.05) is 11.6 Å². The fraction of sp³-hybridized carbons (Fsp3) is 0.292. The number of hydrogen-bond donors (Lipinski definition) is 2. The van der Waals surface area contributed by atoms with E-state index in [1.165, 1.54) is 12.6 Å². The number of pyridine rings is 1. The van der Waals surface area contributed by atoms with Crippen molar-refractivity contribution in [2.24, 2.45) is 0 Å². The van der Waals surface area contributed by atoms with Gasteiger partial charge in [-0.15, -0.1) is 0 Å². The number of hydrogen-bond acceptors (Lipinski definition) is 8. The van der Waals surface area contributed by atoms with Crippen molar-refractivity contribution in [3.63, 3.8) is 0 Å². The Morgan fingerprint density at radius 2 is 1.74 bits per heavy atom. The van der Waals surface area contributed by atoms with Gasteiger partial charge in [0.1, 0.15) is 12.1 Å². The van der Waals surface area contributed by atoms with E-state index in [1.54, 1.807) is 59.7 Å². The smallest absolute Gasteiger partial charge is 0.253 e. The molecule has 0 spiro atoms. The van der Waals surface area contributed by atoms with Crippen LogP contribution in [0.3, 0.4) is 0 Å². The second-order valence-electron chi connectivity index (χ2n) is 8.69. The van der Waals surface area contributed by atoms with E-state index in [0.717, 1.165) is 31.1 Å². The highest BCUT2D eigenvalue weighted by Gasteiger charge is 2.24. The van der Waals surface area contributed by atoms with Gasteiger partial charge in [0.2, 0.25) is 0 Å².